The fourth-order valence-corrected chi connectivity index (χ4v) is 1.95. The Bertz CT molecular complexity index is 570. The normalized spacial score (nSPS) is 17.0. The molecule has 16 heavy (non-hydrogen) atoms. The van der Waals surface area contributed by atoms with Crippen molar-refractivity contribution in [3.8, 4) is 0 Å². The number of aromatic amines is 1. The molecule has 1 fully saturated rings. The molecule has 0 saturated carbocycles. The van der Waals surface area contributed by atoms with Gasteiger partial charge < -0.3 is 14.5 Å². The summed E-state index contributed by atoms with van der Waals surface area (Å²) in [6.45, 7) is 1.23. The third-order valence-corrected chi connectivity index (χ3v) is 2.67. The minimum atomic E-state index is -0.311. The van der Waals surface area contributed by atoms with Crippen LogP contribution in [0.5, 0.6) is 0 Å². The third-order valence-electron chi connectivity index (χ3n) is 2.67. The van der Waals surface area contributed by atoms with Crippen molar-refractivity contribution in [3.05, 3.63) is 46.2 Å². The van der Waals surface area contributed by atoms with E-state index in [2.05, 4.69) is 4.98 Å². The fourth-order valence-electron chi connectivity index (χ4n) is 1.95. The zero-order valence-corrected chi connectivity index (χ0v) is 8.60. The van der Waals surface area contributed by atoms with Gasteiger partial charge in [-0.05, 0) is 12.1 Å². The first-order valence-electron chi connectivity index (χ1n) is 5.20. The van der Waals surface area contributed by atoms with Crippen molar-refractivity contribution in [3.63, 3.8) is 0 Å². The molecule has 1 aromatic heterocycles. The van der Waals surface area contributed by atoms with Gasteiger partial charge in [-0.15, -0.1) is 0 Å². The number of hydrogen-bond acceptors (Lipinski definition) is 3. The Labute approximate surface area is 91.8 Å². The van der Waals surface area contributed by atoms with Crippen LogP contribution in [0.3, 0.4) is 0 Å². The van der Waals surface area contributed by atoms with Gasteiger partial charge in [0, 0.05) is 22.5 Å². The van der Waals surface area contributed by atoms with Crippen LogP contribution in [0, 0.1) is 0 Å². The van der Waals surface area contributed by atoms with Crippen LogP contribution >= 0.6 is 0 Å². The quantitative estimate of drug-likeness (QED) is 0.788. The molecule has 1 aliphatic heterocycles. The summed E-state index contributed by atoms with van der Waals surface area (Å²) in [7, 11) is 0. The second-order valence-electron chi connectivity index (χ2n) is 3.70. The van der Waals surface area contributed by atoms with E-state index in [-0.39, 0.29) is 11.8 Å². The molecule has 0 aliphatic carbocycles. The van der Waals surface area contributed by atoms with Crippen LogP contribution < -0.4 is 5.56 Å². The number of H-pyrrole nitrogens is 1. The highest BCUT2D eigenvalue weighted by Crippen LogP contribution is 2.28. The Morgan fingerprint density at radius 2 is 1.94 bits per heavy atom. The van der Waals surface area contributed by atoms with Gasteiger partial charge in [-0.2, -0.15) is 0 Å². The second-order valence-corrected chi connectivity index (χ2v) is 3.70. The first-order valence-corrected chi connectivity index (χ1v) is 5.20. The van der Waals surface area contributed by atoms with Crippen molar-refractivity contribution in [2.45, 2.75) is 6.29 Å². The number of benzene rings is 1. The molecule has 0 amide bonds. The highest BCUT2D eigenvalue weighted by atomic mass is 16.7. The number of fused-ring (bicyclic) bond motifs is 1. The van der Waals surface area contributed by atoms with Gasteiger partial charge in [0.05, 0.1) is 13.2 Å². The topological polar surface area (TPSA) is 51.3 Å². The maximum Gasteiger partial charge on any atom is 0.248 e. The summed E-state index contributed by atoms with van der Waals surface area (Å²) in [5.41, 5.74) is 1.67. The number of aromatic nitrogens is 1. The Balaban J connectivity index is 2.20. The van der Waals surface area contributed by atoms with Crippen molar-refractivity contribution < 1.29 is 9.47 Å². The molecule has 0 atom stereocenters. The molecule has 0 radical (unpaired) electrons. The largest absolute Gasteiger partial charge is 0.346 e. The first kappa shape index (κ1) is 9.57. The van der Waals surface area contributed by atoms with E-state index >= 15 is 0 Å². The summed E-state index contributed by atoms with van der Waals surface area (Å²) >= 11 is 0. The van der Waals surface area contributed by atoms with Crippen LogP contribution in [-0.4, -0.2) is 18.2 Å². The van der Waals surface area contributed by atoms with E-state index < -0.39 is 0 Å². The van der Waals surface area contributed by atoms with Crippen LogP contribution in [-0.2, 0) is 9.47 Å². The lowest BCUT2D eigenvalue weighted by molar-refractivity contribution is -0.0430. The Morgan fingerprint density at radius 3 is 2.75 bits per heavy atom. The van der Waals surface area contributed by atoms with Crippen LogP contribution in [0.1, 0.15) is 11.9 Å². The first-order chi connectivity index (χ1) is 7.84. The van der Waals surface area contributed by atoms with E-state index in [0.717, 1.165) is 16.5 Å². The van der Waals surface area contributed by atoms with Crippen molar-refractivity contribution in [2.24, 2.45) is 0 Å². The maximum atomic E-state index is 11.2. The van der Waals surface area contributed by atoms with Gasteiger partial charge in [-0.3, -0.25) is 4.79 Å². The van der Waals surface area contributed by atoms with Gasteiger partial charge in [0.15, 0.2) is 6.29 Å². The van der Waals surface area contributed by atoms with Crippen LogP contribution in [0.25, 0.3) is 10.9 Å². The van der Waals surface area contributed by atoms with E-state index in [0.29, 0.717) is 13.2 Å². The SMILES string of the molecule is O=c1ccc2c(C3OCCO3)cccc2[nH]1. The highest BCUT2D eigenvalue weighted by molar-refractivity contribution is 5.82. The van der Waals surface area contributed by atoms with Crippen LogP contribution in [0.4, 0.5) is 0 Å². The average molecular weight is 217 g/mol. The second kappa shape index (κ2) is 3.73. The molecular formula is C12H11NO3. The standard InChI is InChI=1S/C12H11NO3/c14-11-5-4-8-9(12-15-6-7-16-12)2-1-3-10(8)13-11/h1-5,12H,6-7H2,(H,13,14). The summed E-state index contributed by atoms with van der Waals surface area (Å²) in [6.07, 6.45) is -0.311. The minimum Gasteiger partial charge on any atom is -0.346 e. The monoisotopic (exact) mass is 217 g/mol. The molecule has 2 heterocycles. The Kier molecular flexibility index (Phi) is 2.23. The molecule has 1 N–H and O–H groups in total. The van der Waals surface area contributed by atoms with Gasteiger partial charge >= 0.3 is 0 Å². The molecule has 4 heteroatoms. The number of rotatable bonds is 1. The molecule has 1 saturated heterocycles. The summed E-state index contributed by atoms with van der Waals surface area (Å²) in [6, 6.07) is 9.03. The van der Waals surface area contributed by atoms with E-state index in [1.165, 1.54) is 6.07 Å². The zero-order valence-electron chi connectivity index (χ0n) is 8.60. The molecule has 82 valence electrons. The fraction of sp³-hybridized carbons (Fsp3) is 0.250. The molecule has 0 bridgehead atoms. The maximum absolute atomic E-state index is 11.2. The van der Waals surface area contributed by atoms with E-state index in [4.69, 9.17) is 9.47 Å². The molecule has 2 aromatic rings. The lowest BCUT2D eigenvalue weighted by Crippen LogP contribution is -2.05. The lowest BCUT2D eigenvalue weighted by Gasteiger charge is -2.11. The summed E-state index contributed by atoms with van der Waals surface area (Å²) in [4.78, 5) is 14.0. The summed E-state index contributed by atoms with van der Waals surface area (Å²) in [5.74, 6) is 0. The molecule has 4 nitrogen and oxygen atoms in total. The molecule has 0 unspecified atom stereocenters. The molecule has 1 aliphatic rings. The zero-order chi connectivity index (χ0) is 11.0. The highest BCUT2D eigenvalue weighted by Gasteiger charge is 2.20. The number of nitrogens with one attached hydrogen (secondary N) is 1. The average Bonchev–Trinajstić information content (AvgIpc) is 2.81. The van der Waals surface area contributed by atoms with Crippen molar-refractivity contribution in [1.29, 1.82) is 0 Å². The van der Waals surface area contributed by atoms with Crippen molar-refractivity contribution in [2.75, 3.05) is 13.2 Å². The smallest absolute Gasteiger partial charge is 0.248 e. The van der Waals surface area contributed by atoms with Crippen LogP contribution in [0.15, 0.2) is 35.1 Å². The van der Waals surface area contributed by atoms with Gasteiger partial charge in [0.2, 0.25) is 5.56 Å². The summed E-state index contributed by atoms with van der Waals surface area (Å²) < 4.78 is 10.9. The molecule has 3 rings (SSSR count). The van der Waals surface area contributed by atoms with Crippen molar-refractivity contribution >= 4 is 10.9 Å². The molecule has 1 aromatic carbocycles. The molecule has 0 spiro atoms. The predicted molar refractivity (Wildman–Crippen MR) is 59.2 cm³/mol. The van der Waals surface area contributed by atoms with Gasteiger partial charge in [-0.25, -0.2) is 0 Å². The van der Waals surface area contributed by atoms with Gasteiger partial charge in [0.1, 0.15) is 0 Å². The molecular weight excluding hydrogens is 206 g/mol. The Hall–Kier alpha value is -1.65. The van der Waals surface area contributed by atoms with Gasteiger partial charge in [-0.1, -0.05) is 12.1 Å². The van der Waals surface area contributed by atoms with E-state index in [1.54, 1.807) is 6.07 Å². The number of hydrogen-bond donors (Lipinski definition) is 1. The summed E-state index contributed by atoms with van der Waals surface area (Å²) in [5, 5.41) is 0.967. The van der Waals surface area contributed by atoms with Gasteiger partial charge in [0.25, 0.3) is 0 Å². The predicted octanol–water partition coefficient (Wildman–Crippen LogP) is 1.57. The lowest BCUT2D eigenvalue weighted by atomic mass is 10.1. The Morgan fingerprint density at radius 1 is 1.12 bits per heavy atom. The third kappa shape index (κ3) is 1.52. The minimum absolute atomic E-state index is 0.0992. The van der Waals surface area contributed by atoms with E-state index in [1.807, 2.05) is 18.2 Å². The van der Waals surface area contributed by atoms with E-state index in [9.17, 15) is 4.79 Å². The number of ether oxygens (including phenoxy) is 2. The number of pyridine rings is 1. The van der Waals surface area contributed by atoms with Crippen molar-refractivity contribution in [1.82, 2.24) is 4.98 Å². The van der Waals surface area contributed by atoms with Crippen LogP contribution in [0.2, 0.25) is 0 Å².